The first-order valence-corrected chi connectivity index (χ1v) is 6.45. The van der Waals surface area contributed by atoms with Crippen molar-refractivity contribution >= 4 is 0 Å². The Labute approximate surface area is 110 Å². The van der Waals surface area contributed by atoms with Gasteiger partial charge in [0.05, 0.1) is 11.7 Å². The van der Waals surface area contributed by atoms with Gasteiger partial charge in [0.1, 0.15) is 6.33 Å². The summed E-state index contributed by atoms with van der Waals surface area (Å²) in [5.41, 5.74) is 0.998. The Morgan fingerprint density at radius 1 is 1.26 bits per heavy atom. The number of benzene rings is 1. The van der Waals surface area contributed by atoms with E-state index in [9.17, 15) is 0 Å². The molecule has 2 aliphatic heterocycles. The summed E-state index contributed by atoms with van der Waals surface area (Å²) in [5.74, 6) is 2.52. The van der Waals surface area contributed by atoms with Crippen LogP contribution in [0.2, 0.25) is 0 Å². The topological polar surface area (TPSA) is 61.2 Å². The number of hydrogen-bond acceptors (Lipinski definition) is 5. The van der Waals surface area contributed by atoms with Gasteiger partial charge in [-0.05, 0) is 31.5 Å². The molecule has 2 aliphatic rings. The van der Waals surface area contributed by atoms with Crippen LogP contribution in [-0.4, -0.2) is 28.1 Å². The summed E-state index contributed by atoms with van der Waals surface area (Å²) in [6.45, 7) is 1.33. The molecule has 0 saturated carbocycles. The minimum absolute atomic E-state index is 0.285. The van der Waals surface area contributed by atoms with E-state index >= 15 is 0 Å². The SMILES string of the molecule is c1cc2c(cc1-n1cnnc1C1CCCN1)OCO2. The zero-order valence-electron chi connectivity index (χ0n) is 10.4. The van der Waals surface area contributed by atoms with E-state index in [-0.39, 0.29) is 12.8 Å². The Kier molecular flexibility index (Phi) is 2.41. The summed E-state index contributed by atoms with van der Waals surface area (Å²) >= 11 is 0. The van der Waals surface area contributed by atoms with Crippen LogP contribution in [0, 0.1) is 0 Å². The summed E-state index contributed by atoms with van der Waals surface area (Å²) in [7, 11) is 0. The van der Waals surface area contributed by atoms with Crippen molar-refractivity contribution in [2.24, 2.45) is 0 Å². The molecule has 0 amide bonds. The highest BCUT2D eigenvalue weighted by Gasteiger charge is 2.23. The quantitative estimate of drug-likeness (QED) is 0.882. The molecule has 1 fully saturated rings. The number of rotatable bonds is 2. The second-order valence-corrected chi connectivity index (χ2v) is 4.75. The molecule has 1 unspecified atom stereocenters. The van der Waals surface area contributed by atoms with Crippen LogP contribution in [0.5, 0.6) is 11.5 Å². The minimum Gasteiger partial charge on any atom is -0.454 e. The first-order valence-electron chi connectivity index (χ1n) is 6.45. The average molecular weight is 258 g/mol. The van der Waals surface area contributed by atoms with Crippen molar-refractivity contribution in [1.82, 2.24) is 20.1 Å². The van der Waals surface area contributed by atoms with Gasteiger partial charge in [-0.15, -0.1) is 10.2 Å². The highest BCUT2D eigenvalue weighted by Crippen LogP contribution is 2.34. The predicted molar refractivity (Wildman–Crippen MR) is 67.5 cm³/mol. The summed E-state index contributed by atoms with van der Waals surface area (Å²) in [5, 5.41) is 11.7. The summed E-state index contributed by atoms with van der Waals surface area (Å²) in [4.78, 5) is 0. The van der Waals surface area contributed by atoms with Crippen molar-refractivity contribution in [2.75, 3.05) is 13.3 Å². The van der Waals surface area contributed by atoms with Crippen molar-refractivity contribution < 1.29 is 9.47 Å². The summed E-state index contributed by atoms with van der Waals surface area (Å²) < 4.78 is 12.7. The molecule has 1 aromatic heterocycles. The van der Waals surface area contributed by atoms with Gasteiger partial charge in [-0.25, -0.2) is 0 Å². The lowest BCUT2D eigenvalue weighted by molar-refractivity contribution is 0.174. The lowest BCUT2D eigenvalue weighted by atomic mass is 10.2. The molecule has 1 saturated heterocycles. The molecule has 6 nitrogen and oxygen atoms in total. The molecular weight excluding hydrogens is 244 g/mol. The summed E-state index contributed by atoms with van der Waals surface area (Å²) in [6.07, 6.45) is 4.02. The zero-order chi connectivity index (χ0) is 12.7. The van der Waals surface area contributed by atoms with E-state index in [1.54, 1.807) is 6.33 Å². The van der Waals surface area contributed by atoms with Crippen LogP contribution < -0.4 is 14.8 Å². The normalized spacial score (nSPS) is 20.9. The van der Waals surface area contributed by atoms with E-state index in [4.69, 9.17) is 9.47 Å². The van der Waals surface area contributed by atoms with Crippen LogP contribution in [0.15, 0.2) is 24.5 Å². The zero-order valence-corrected chi connectivity index (χ0v) is 10.4. The monoisotopic (exact) mass is 258 g/mol. The molecule has 0 bridgehead atoms. The van der Waals surface area contributed by atoms with E-state index in [2.05, 4.69) is 15.5 Å². The van der Waals surface area contributed by atoms with Gasteiger partial charge in [0.15, 0.2) is 17.3 Å². The summed E-state index contributed by atoms with van der Waals surface area (Å²) in [6, 6.07) is 6.16. The molecule has 6 heteroatoms. The lowest BCUT2D eigenvalue weighted by Crippen LogP contribution is -2.17. The first-order chi connectivity index (χ1) is 9.42. The minimum atomic E-state index is 0.285. The lowest BCUT2D eigenvalue weighted by Gasteiger charge is -2.12. The van der Waals surface area contributed by atoms with Gasteiger partial charge in [0.2, 0.25) is 6.79 Å². The van der Waals surface area contributed by atoms with Gasteiger partial charge in [-0.1, -0.05) is 0 Å². The van der Waals surface area contributed by atoms with Crippen LogP contribution >= 0.6 is 0 Å². The molecular formula is C13H14N4O2. The third-order valence-corrected chi connectivity index (χ3v) is 3.58. The number of ether oxygens (including phenoxy) is 2. The molecule has 98 valence electrons. The van der Waals surface area contributed by atoms with Gasteiger partial charge in [0.25, 0.3) is 0 Å². The van der Waals surface area contributed by atoms with Crippen LogP contribution in [0.1, 0.15) is 24.7 Å². The van der Waals surface area contributed by atoms with Gasteiger partial charge < -0.3 is 14.8 Å². The molecule has 1 atom stereocenters. The van der Waals surface area contributed by atoms with Crippen molar-refractivity contribution in [2.45, 2.75) is 18.9 Å². The number of hydrogen-bond donors (Lipinski definition) is 1. The van der Waals surface area contributed by atoms with Gasteiger partial charge >= 0.3 is 0 Å². The fourth-order valence-corrected chi connectivity index (χ4v) is 2.62. The Morgan fingerprint density at radius 3 is 3.11 bits per heavy atom. The maximum absolute atomic E-state index is 5.41. The van der Waals surface area contributed by atoms with E-state index in [1.165, 1.54) is 6.42 Å². The molecule has 1 aromatic carbocycles. The molecule has 0 aliphatic carbocycles. The Bertz CT molecular complexity index is 604. The average Bonchev–Trinajstić information content (AvgIpc) is 3.18. The first kappa shape index (κ1) is 10.8. The Morgan fingerprint density at radius 2 is 2.21 bits per heavy atom. The van der Waals surface area contributed by atoms with Crippen molar-refractivity contribution in [1.29, 1.82) is 0 Å². The molecule has 0 spiro atoms. The third-order valence-electron chi connectivity index (χ3n) is 3.58. The maximum atomic E-state index is 5.41. The van der Waals surface area contributed by atoms with Gasteiger partial charge in [-0.2, -0.15) is 0 Å². The fourth-order valence-electron chi connectivity index (χ4n) is 2.62. The maximum Gasteiger partial charge on any atom is 0.231 e. The molecule has 1 N–H and O–H groups in total. The standard InChI is InChI=1S/C13H14N4O2/c1-2-10(14-5-1)13-16-15-7-17(13)9-3-4-11-12(6-9)19-8-18-11/h3-4,6-7,10,14H,1-2,5,8H2. The molecule has 2 aromatic rings. The van der Waals surface area contributed by atoms with Crippen LogP contribution in [0.4, 0.5) is 0 Å². The second kappa shape index (κ2) is 4.24. The molecule has 0 radical (unpaired) electrons. The van der Waals surface area contributed by atoms with Crippen LogP contribution in [-0.2, 0) is 0 Å². The van der Waals surface area contributed by atoms with E-state index < -0.39 is 0 Å². The number of fused-ring (bicyclic) bond motifs is 1. The van der Waals surface area contributed by atoms with Crippen molar-refractivity contribution in [3.8, 4) is 17.2 Å². The van der Waals surface area contributed by atoms with E-state index in [0.29, 0.717) is 0 Å². The number of nitrogens with one attached hydrogen (secondary N) is 1. The van der Waals surface area contributed by atoms with Gasteiger partial charge in [0, 0.05) is 6.07 Å². The fraction of sp³-hybridized carbons (Fsp3) is 0.385. The second-order valence-electron chi connectivity index (χ2n) is 4.75. The highest BCUT2D eigenvalue weighted by molar-refractivity contribution is 5.50. The Hall–Kier alpha value is -2.08. The largest absolute Gasteiger partial charge is 0.454 e. The van der Waals surface area contributed by atoms with Crippen LogP contribution in [0.25, 0.3) is 5.69 Å². The third kappa shape index (κ3) is 1.76. The number of nitrogens with zero attached hydrogens (tertiary/aromatic N) is 3. The molecule has 3 heterocycles. The Balaban J connectivity index is 1.74. The van der Waals surface area contributed by atoms with Crippen molar-refractivity contribution in [3.63, 3.8) is 0 Å². The van der Waals surface area contributed by atoms with Gasteiger partial charge in [-0.3, -0.25) is 4.57 Å². The van der Waals surface area contributed by atoms with E-state index in [0.717, 1.165) is 36.0 Å². The smallest absolute Gasteiger partial charge is 0.231 e. The highest BCUT2D eigenvalue weighted by atomic mass is 16.7. The van der Waals surface area contributed by atoms with Crippen LogP contribution in [0.3, 0.4) is 0 Å². The predicted octanol–water partition coefficient (Wildman–Crippen LogP) is 1.42. The van der Waals surface area contributed by atoms with Crippen molar-refractivity contribution in [3.05, 3.63) is 30.4 Å². The molecule has 4 rings (SSSR count). The molecule has 19 heavy (non-hydrogen) atoms. The van der Waals surface area contributed by atoms with E-state index in [1.807, 2.05) is 22.8 Å². The number of aromatic nitrogens is 3.